The van der Waals surface area contributed by atoms with Crippen LogP contribution >= 0.6 is 0 Å². The van der Waals surface area contributed by atoms with Gasteiger partial charge in [0.25, 0.3) is 5.91 Å². The van der Waals surface area contributed by atoms with E-state index in [0.29, 0.717) is 5.56 Å². The van der Waals surface area contributed by atoms with Crippen LogP contribution in [0.25, 0.3) is 0 Å². The largest absolute Gasteiger partial charge is 0.495 e. The Morgan fingerprint density at radius 2 is 1.77 bits per heavy atom. The Balaban J connectivity index is 1.39. The minimum atomic E-state index is -0.834. The molecule has 2 saturated heterocycles. The number of aliphatic hydroxyl groups excluding tert-OH is 2. The Labute approximate surface area is 206 Å². The van der Waals surface area contributed by atoms with Crippen molar-refractivity contribution in [3.05, 3.63) is 54.1 Å². The number of para-hydroxylation sites is 2. The van der Waals surface area contributed by atoms with Crippen molar-refractivity contribution in [1.29, 1.82) is 0 Å². The lowest BCUT2D eigenvalue weighted by molar-refractivity contribution is -0.0209. The molecule has 35 heavy (non-hydrogen) atoms. The van der Waals surface area contributed by atoms with E-state index in [1.165, 1.54) is 0 Å². The molecule has 2 aliphatic heterocycles. The van der Waals surface area contributed by atoms with Crippen molar-refractivity contribution in [3.8, 4) is 5.75 Å². The molecule has 9 heteroatoms. The number of methoxy groups -OCH3 is 1. The van der Waals surface area contributed by atoms with E-state index in [2.05, 4.69) is 15.1 Å². The van der Waals surface area contributed by atoms with E-state index in [-0.39, 0.29) is 25.1 Å². The van der Waals surface area contributed by atoms with Crippen molar-refractivity contribution >= 4 is 17.3 Å². The second-order valence-corrected chi connectivity index (χ2v) is 9.22. The lowest BCUT2D eigenvalue weighted by Gasteiger charge is -2.41. The highest BCUT2D eigenvalue weighted by atomic mass is 16.5. The van der Waals surface area contributed by atoms with Gasteiger partial charge in [-0.25, -0.2) is 0 Å². The zero-order chi connectivity index (χ0) is 24.9. The molecule has 4 atom stereocenters. The number of amides is 1. The van der Waals surface area contributed by atoms with Gasteiger partial charge in [0.05, 0.1) is 31.5 Å². The van der Waals surface area contributed by atoms with Crippen molar-refractivity contribution in [2.45, 2.75) is 24.4 Å². The summed E-state index contributed by atoms with van der Waals surface area (Å²) < 4.78 is 11.5. The van der Waals surface area contributed by atoms with Gasteiger partial charge in [0, 0.05) is 58.1 Å². The fourth-order valence-electron chi connectivity index (χ4n) is 4.95. The molecule has 190 valence electrons. The standard InChI is InChI=1S/C26H36N4O5/c1-28(2)19-10-8-18(9-11-19)26(33)27-16-22-24(25(32)23(17-31)35-22)30-14-12-29(13-15-30)20-6-4-5-7-21(20)34-3/h4-11,22-25,31-32H,12-17H2,1-3H3,(H,27,33)/t22-,23-,24-,25+/m0/s1. The highest BCUT2D eigenvalue weighted by Crippen LogP contribution is 2.31. The second kappa shape index (κ2) is 11.3. The van der Waals surface area contributed by atoms with Gasteiger partial charge in [0.15, 0.2) is 0 Å². The topological polar surface area (TPSA) is 97.7 Å². The number of hydrogen-bond donors (Lipinski definition) is 3. The third kappa shape index (κ3) is 5.54. The number of hydrogen-bond acceptors (Lipinski definition) is 8. The molecule has 3 N–H and O–H groups in total. The van der Waals surface area contributed by atoms with Gasteiger partial charge in [-0.15, -0.1) is 0 Å². The van der Waals surface area contributed by atoms with Crippen LogP contribution in [-0.4, -0.2) is 106 Å². The summed E-state index contributed by atoms with van der Waals surface area (Å²) in [7, 11) is 5.57. The van der Waals surface area contributed by atoms with E-state index in [1.807, 2.05) is 55.4 Å². The number of carbonyl (C=O) groups excluding carboxylic acids is 1. The van der Waals surface area contributed by atoms with Crippen LogP contribution in [0.3, 0.4) is 0 Å². The van der Waals surface area contributed by atoms with Crippen molar-refractivity contribution in [2.24, 2.45) is 0 Å². The van der Waals surface area contributed by atoms with Crippen LogP contribution in [0.1, 0.15) is 10.4 Å². The monoisotopic (exact) mass is 484 g/mol. The maximum atomic E-state index is 12.7. The average Bonchev–Trinajstić information content (AvgIpc) is 3.22. The summed E-state index contributed by atoms with van der Waals surface area (Å²) in [6.07, 6.45) is -1.93. The second-order valence-electron chi connectivity index (χ2n) is 9.22. The van der Waals surface area contributed by atoms with Gasteiger partial charge in [0.2, 0.25) is 0 Å². The van der Waals surface area contributed by atoms with Crippen LogP contribution in [0.15, 0.2) is 48.5 Å². The number of anilines is 2. The molecule has 2 fully saturated rings. The zero-order valence-electron chi connectivity index (χ0n) is 20.6. The van der Waals surface area contributed by atoms with Gasteiger partial charge in [-0.05, 0) is 36.4 Å². The van der Waals surface area contributed by atoms with Crippen LogP contribution in [0, 0.1) is 0 Å². The first-order chi connectivity index (χ1) is 16.9. The Hall–Kier alpha value is -2.85. The predicted molar refractivity (Wildman–Crippen MR) is 135 cm³/mol. The van der Waals surface area contributed by atoms with Crippen molar-refractivity contribution in [1.82, 2.24) is 10.2 Å². The Morgan fingerprint density at radius 3 is 2.40 bits per heavy atom. The van der Waals surface area contributed by atoms with Crippen LogP contribution < -0.4 is 19.9 Å². The van der Waals surface area contributed by atoms with Gasteiger partial charge in [-0.3, -0.25) is 9.69 Å². The molecule has 0 saturated carbocycles. The van der Waals surface area contributed by atoms with Gasteiger partial charge >= 0.3 is 0 Å². The molecule has 2 heterocycles. The van der Waals surface area contributed by atoms with Crippen molar-refractivity contribution < 1.29 is 24.5 Å². The molecule has 0 aliphatic carbocycles. The van der Waals surface area contributed by atoms with Crippen LogP contribution in [-0.2, 0) is 4.74 Å². The van der Waals surface area contributed by atoms with Gasteiger partial charge in [0.1, 0.15) is 18.0 Å². The van der Waals surface area contributed by atoms with Crippen LogP contribution in [0.2, 0.25) is 0 Å². The molecule has 0 radical (unpaired) electrons. The number of ether oxygens (including phenoxy) is 2. The normalized spacial score (nSPS) is 24.9. The quantitative estimate of drug-likeness (QED) is 0.506. The van der Waals surface area contributed by atoms with Crippen LogP contribution in [0.5, 0.6) is 5.75 Å². The zero-order valence-corrected chi connectivity index (χ0v) is 20.6. The van der Waals surface area contributed by atoms with E-state index in [1.54, 1.807) is 19.2 Å². The maximum Gasteiger partial charge on any atom is 0.251 e. The molecule has 0 aromatic heterocycles. The number of carbonyl (C=O) groups is 1. The van der Waals surface area contributed by atoms with E-state index in [0.717, 1.165) is 43.3 Å². The number of nitrogens with zero attached hydrogens (tertiary/aromatic N) is 3. The molecule has 2 aliphatic rings. The predicted octanol–water partition coefficient (Wildman–Crippen LogP) is 0.802. The summed E-state index contributed by atoms with van der Waals surface area (Å²) in [6.45, 7) is 2.96. The number of nitrogens with one attached hydrogen (secondary N) is 1. The van der Waals surface area contributed by atoms with Crippen LogP contribution in [0.4, 0.5) is 11.4 Å². The number of rotatable bonds is 8. The minimum Gasteiger partial charge on any atom is -0.495 e. The highest BCUT2D eigenvalue weighted by molar-refractivity contribution is 5.94. The summed E-state index contributed by atoms with van der Waals surface area (Å²) in [5.41, 5.74) is 2.63. The fraction of sp³-hybridized carbons (Fsp3) is 0.500. The summed E-state index contributed by atoms with van der Waals surface area (Å²) >= 11 is 0. The molecule has 0 unspecified atom stereocenters. The lowest BCUT2D eigenvalue weighted by atomic mass is 10.0. The minimum absolute atomic E-state index is 0.194. The number of aliphatic hydroxyl groups is 2. The lowest BCUT2D eigenvalue weighted by Crippen LogP contribution is -2.57. The Kier molecular flexibility index (Phi) is 8.12. The average molecular weight is 485 g/mol. The van der Waals surface area contributed by atoms with Gasteiger partial charge in [-0.2, -0.15) is 0 Å². The molecule has 9 nitrogen and oxygen atoms in total. The summed E-state index contributed by atoms with van der Waals surface area (Å²) in [4.78, 5) is 19.2. The molecule has 2 aromatic rings. The van der Waals surface area contributed by atoms with E-state index in [9.17, 15) is 15.0 Å². The first-order valence-electron chi connectivity index (χ1n) is 12.0. The van der Waals surface area contributed by atoms with E-state index >= 15 is 0 Å². The Morgan fingerprint density at radius 1 is 1.09 bits per heavy atom. The van der Waals surface area contributed by atoms with E-state index < -0.39 is 18.3 Å². The first-order valence-corrected chi connectivity index (χ1v) is 12.0. The molecule has 1 amide bonds. The highest BCUT2D eigenvalue weighted by Gasteiger charge is 2.46. The maximum absolute atomic E-state index is 12.7. The number of piperazine rings is 1. The molecular weight excluding hydrogens is 448 g/mol. The summed E-state index contributed by atoms with van der Waals surface area (Å²) in [5.74, 6) is 0.644. The third-order valence-corrected chi connectivity index (χ3v) is 6.91. The van der Waals surface area contributed by atoms with Crippen molar-refractivity contribution in [3.63, 3.8) is 0 Å². The molecule has 4 rings (SSSR count). The fourth-order valence-corrected chi connectivity index (χ4v) is 4.95. The first kappa shape index (κ1) is 25.2. The molecule has 2 aromatic carbocycles. The smallest absolute Gasteiger partial charge is 0.251 e. The molecule has 0 bridgehead atoms. The Bertz CT molecular complexity index is 978. The SMILES string of the molecule is COc1ccccc1N1CCN([C@@H]2[C@H](O)[C@H](CO)O[C@H]2CNC(=O)c2ccc(N(C)C)cc2)CC1. The van der Waals surface area contributed by atoms with Gasteiger partial charge < -0.3 is 34.8 Å². The molecular formula is C26H36N4O5. The van der Waals surface area contributed by atoms with Crippen molar-refractivity contribution in [2.75, 3.05) is 70.3 Å². The summed E-state index contributed by atoms with van der Waals surface area (Å²) in [6, 6.07) is 15.0. The number of benzene rings is 2. The molecule has 0 spiro atoms. The third-order valence-electron chi connectivity index (χ3n) is 6.91. The van der Waals surface area contributed by atoms with E-state index in [4.69, 9.17) is 9.47 Å². The van der Waals surface area contributed by atoms with Gasteiger partial charge in [-0.1, -0.05) is 12.1 Å². The summed E-state index contributed by atoms with van der Waals surface area (Å²) in [5, 5.41) is 23.6.